The molecule has 0 bridgehead atoms. The molecule has 0 amide bonds. The molecule has 0 aliphatic heterocycles. The fraction of sp³-hybridized carbons (Fsp3) is 0.353. The van der Waals surface area contributed by atoms with Gasteiger partial charge in [-0.15, -0.1) is 11.8 Å². The molecule has 0 spiro atoms. The average Bonchev–Trinajstić information content (AvgIpc) is 3.38. The molecule has 1 saturated carbocycles. The molecule has 5 nitrogen and oxygen atoms in total. The minimum absolute atomic E-state index is 0.0774. The lowest BCUT2D eigenvalue weighted by atomic mass is 10.1. The minimum atomic E-state index is -3.43. The van der Waals surface area contributed by atoms with E-state index in [1.807, 2.05) is 13.0 Å². The molecular weight excluding hydrogens is 344 g/mol. The monoisotopic (exact) mass is 364 g/mol. The number of hydrogen-bond acceptors (Lipinski definition) is 5. The topological polar surface area (TPSA) is 79.3 Å². The van der Waals surface area contributed by atoms with Crippen LogP contribution >= 0.6 is 11.8 Å². The second-order valence-corrected chi connectivity index (χ2v) is 9.10. The smallest absolute Gasteiger partial charge is 0.240 e. The number of rotatable bonds is 7. The van der Waals surface area contributed by atoms with Gasteiger partial charge >= 0.3 is 0 Å². The van der Waals surface area contributed by atoms with Gasteiger partial charge < -0.3 is 5.11 Å². The summed E-state index contributed by atoms with van der Waals surface area (Å²) in [5, 5.41) is 9.33. The molecule has 1 aliphatic rings. The van der Waals surface area contributed by atoms with Crippen LogP contribution in [-0.2, 0) is 10.0 Å². The zero-order valence-corrected chi connectivity index (χ0v) is 15.0. The first-order valence-corrected chi connectivity index (χ1v) is 10.2. The van der Waals surface area contributed by atoms with Crippen LogP contribution in [0, 0.1) is 0 Å². The summed E-state index contributed by atoms with van der Waals surface area (Å²) in [6.45, 7) is 2.05. The lowest BCUT2D eigenvalue weighted by Gasteiger charge is -2.13. The number of nitrogens with one attached hydrogen (secondary N) is 1. The van der Waals surface area contributed by atoms with Gasteiger partial charge in [0.2, 0.25) is 10.0 Å². The Morgan fingerprint density at radius 1 is 1.29 bits per heavy atom. The molecule has 2 N–H and O–H groups in total. The number of aliphatic hydroxyl groups excluding tert-OH is 1. The first kappa shape index (κ1) is 17.4. The van der Waals surface area contributed by atoms with E-state index in [9.17, 15) is 13.5 Å². The highest BCUT2D eigenvalue weighted by molar-refractivity contribution is 8.00. The summed E-state index contributed by atoms with van der Waals surface area (Å²) in [4.78, 5) is 5.46. The fourth-order valence-corrected chi connectivity index (χ4v) is 4.51. The van der Waals surface area contributed by atoms with Crippen molar-refractivity contribution < 1.29 is 13.5 Å². The molecule has 1 heterocycles. The molecule has 0 radical (unpaired) electrons. The Hall–Kier alpha value is -1.41. The summed E-state index contributed by atoms with van der Waals surface area (Å²) in [6, 6.07) is 8.84. The van der Waals surface area contributed by atoms with Crippen LogP contribution in [0.2, 0.25) is 0 Å². The second kappa shape index (κ2) is 7.23. The van der Waals surface area contributed by atoms with Crippen LogP contribution in [0.25, 0.3) is 11.1 Å². The van der Waals surface area contributed by atoms with E-state index in [0.29, 0.717) is 0 Å². The van der Waals surface area contributed by atoms with E-state index in [1.165, 1.54) is 0 Å². The quantitative estimate of drug-likeness (QED) is 0.739. The largest absolute Gasteiger partial charge is 0.395 e. The summed E-state index contributed by atoms with van der Waals surface area (Å²) in [7, 11) is -3.43. The summed E-state index contributed by atoms with van der Waals surface area (Å²) in [6.07, 6.45) is 5.31. The molecule has 1 aromatic carbocycles. The van der Waals surface area contributed by atoms with Crippen molar-refractivity contribution in [1.82, 2.24) is 9.71 Å². The van der Waals surface area contributed by atoms with Crippen molar-refractivity contribution in [3.8, 4) is 11.1 Å². The van der Waals surface area contributed by atoms with Crippen LogP contribution in [0.3, 0.4) is 0 Å². The highest BCUT2D eigenvalue weighted by Gasteiger charge is 2.27. The van der Waals surface area contributed by atoms with Crippen molar-refractivity contribution in [3.63, 3.8) is 0 Å². The first-order chi connectivity index (χ1) is 11.5. The molecular formula is C17H20N2O3S2. The number of pyridine rings is 1. The normalized spacial score (nSPS) is 16.1. The zero-order chi connectivity index (χ0) is 17.2. The van der Waals surface area contributed by atoms with Gasteiger partial charge in [0.05, 0.1) is 11.5 Å². The minimum Gasteiger partial charge on any atom is -0.395 e. The molecule has 1 aromatic heterocycles. The summed E-state index contributed by atoms with van der Waals surface area (Å²) in [5.74, 6) is 0. The number of sulfonamides is 1. The number of aliphatic hydroxyl groups is 1. The standard InChI is InChI=1S/C17H20N2O3S2/c1-12(11-20)23-17-8-9-18-10-16(17)13-2-6-15(7-3-13)24(21,22)19-14-4-5-14/h2-3,6-10,12,14,19-20H,4-5,11H2,1H3. The number of nitrogens with zero attached hydrogens (tertiary/aromatic N) is 1. The van der Waals surface area contributed by atoms with Gasteiger partial charge in [0, 0.05) is 34.1 Å². The number of thioether (sulfide) groups is 1. The van der Waals surface area contributed by atoms with Crippen LogP contribution in [0.5, 0.6) is 0 Å². The molecule has 7 heteroatoms. The summed E-state index contributed by atoms with van der Waals surface area (Å²) >= 11 is 1.57. The molecule has 0 saturated heterocycles. The Labute approximate surface area is 146 Å². The van der Waals surface area contributed by atoms with Crippen molar-refractivity contribution in [2.75, 3.05) is 6.61 Å². The fourth-order valence-electron chi connectivity index (χ4n) is 2.26. The van der Waals surface area contributed by atoms with E-state index >= 15 is 0 Å². The van der Waals surface area contributed by atoms with Gasteiger partial charge in [-0.3, -0.25) is 4.98 Å². The molecule has 128 valence electrons. The molecule has 24 heavy (non-hydrogen) atoms. The molecule has 1 fully saturated rings. The van der Waals surface area contributed by atoms with Crippen LogP contribution < -0.4 is 4.72 Å². The summed E-state index contributed by atoms with van der Waals surface area (Å²) < 4.78 is 27.1. The van der Waals surface area contributed by atoms with Crippen molar-refractivity contribution in [1.29, 1.82) is 0 Å². The third-order valence-electron chi connectivity index (χ3n) is 3.74. The maximum absolute atomic E-state index is 12.2. The summed E-state index contributed by atoms with van der Waals surface area (Å²) in [5.41, 5.74) is 1.84. The Kier molecular flexibility index (Phi) is 5.24. The van der Waals surface area contributed by atoms with Gasteiger partial charge in [0.25, 0.3) is 0 Å². The van der Waals surface area contributed by atoms with Crippen molar-refractivity contribution in [2.24, 2.45) is 0 Å². The van der Waals surface area contributed by atoms with Crippen LogP contribution in [0.1, 0.15) is 19.8 Å². The highest BCUT2D eigenvalue weighted by atomic mass is 32.2. The lowest BCUT2D eigenvalue weighted by molar-refractivity contribution is 0.300. The Balaban J connectivity index is 1.86. The zero-order valence-electron chi connectivity index (χ0n) is 13.3. The van der Waals surface area contributed by atoms with Crippen LogP contribution in [0.4, 0.5) is 0 Å². The number of aromatic nitrogens is 1. The third kappa shape index (κ3) is 4.16. The third-order valence-corrected chi connectivity index (χ3v) is 6.44. The second-order valence-electron chi connectivity index (χ2n) is 5.90. The van der Waals surface area contributed by atoms with E-state index in [-0.39, 0.29) is 22.8 Å². The van der Waals surface area contributed by atoms with Gasteiger partial charge in [0.15, 0.2) is 0 Å². The molecule has 3 rings (SSSR count). The van der Waals surface area contributed by atoms with Crippen molar-refractivity contribution in [3.05, 3.63) is 42.7 Å². The van der Waals surface area contributed by atoms with Crippen molar-refractivity contribution >= 4 is 21.8 Å². The van der Waals surface area contributed by atoms with E-state index in [0.717, 1.165) is 28.9 Å². The predicted molar refractivity (Wildman–Crippen MR) is 95.4 cm³/mol. The maximum Gasteiger partial charge on any atom is 0.240 e. The Morgan fingerprint density at radius 2 is 2.00 bits per heavy atom. The van der Waals surface area contributed by atoms with Crippen LogP contribution in [-0.4, -0.2) is 36.4 Å². The van der Waals surface area contributed by atoms with Gasteiger partial charge in [-0.25, -0.2) is 13.1 Å². The maximum atomic E-state index is 12.2. The van der Waals surface area contributed by atoms with E-state index in [2.05, 4.69) is 9.71 Å². The van der Waals surface area contributed by atoms with E-state index in [1.54, 1.807) is 48.4 Å². The predicted octanol–water partition coefficient (Wildman–Crippen LogP) is 2.66. The molecule has 1 aliphatic carbocycles. The van der Waals surface area contributed by atoms with Gasteiger partial charge in [-0.1, -0.05) is 19.1 Å². The van der Waals surface area contributed by atoms with Gasteiger partial charge in [-0.2, -0.15) is 0 Å². The van der Waals surface area contributed by atoms with Gasteiger partial charge in [-0.05, 0) is 36.6 Å². The molecule has 1 unspecified atom stereocenters. The molecule has 2 aromatic rings. The average molecular weight is 364 g/mol. The van der Waals surface area contributed by atoms with E-state index < -0.39 is 10.0 Å². The number of hydrogen-bond donors (Lipinski definition) is 2. The number of benzene rings is 1. The van der Waals surface area contributed by atoms with Crippen LogP contribution in [0.15, 0.2) is 52.5 Å². The van der Waals surface area contributed by atoms with E-state index in [4.69, 9.17) is 0 Å². The lowest BCUT2D eigenvalue weighted by Crippen LogP contribution is -2.25. The SMILES string of the molecule is CC(CO)Sc1ccncc1-c1ccc(S(=O)(=O)NC2CC2)cc1. The van der Waals surface area contributed by atoms with Crippen molar-refractivity contribution in [2.45, 2.75) is 40.8 Å². The molecule has 1 atom stereocenters. The first-order valence-electron chi connectivity index (χ1n) is 7.84. The van der Waals surface area contributed by atoms with Gasteiger partial charge in [0.1, 0.15) is 0 Å². The highest BCUT2D eigenvalue weighted by Crippen LogP contribution is 2.33. The Morgan fingerprint density at radius 3 is 2.62 bits per heavy atom. The Bertz CT molecular complexity index is 803.